The van der Waals surface area contributed by atoms with E-state index in [2.05, 4.69) is 40.5 Å². The topological polar surface area (TPSA) is 88.9 Å². The Kier molecular flexibility index (Phi) is 10.4. The second-order valence-corrected chi connectivity index (χ2v) is 8.71. The summed E-state index contributed by atoms with van der Waals surface area (Å²) in [6.07, 6.45) is 9.56. The third-order valence-electron chi connectivity index (χ3n) is 4.63. The molecular formula is C26H33N5O2S. The number of anilines is 1. The minimum atomic E-state index is -1.19. The van der Waals surface area contributed by atoms with Gasteiger partial charge < -0.3 is 5.32 Å². The predicted molar refractivity (Wildman–Crippen MR) is 142 cm³/mol. The molecule has 3 rings (SSSR count). The Morgan fingerprint density at radius 2 is 1.82 bits per heavy atom. The molecule has 1 aromatic carbocycles. The van der Waals surface area contributed by atoms with Crippen LogP contribution in [0.4, 0.5) is 5.82 Å². The molecule has 2 aromatic heterocycles. The number of nitrogens with one attached hydrogen (secondary N) is 2. The highest BCUT2D eigenvalue weighted by Crippen LogP contribution is 2.24. The van der Waals surface area contributed by atoms with Gasteiger partial charge in [0.2, 0.25) is 0 Å². The van der Waals surface area contributed by atoms with Crippen LogP contribution >= 0.6 is 0 Å². The van der Waals surface area contributed by atoms with Crippen LogP contribution in [0.3, 0.4) is 0 Å². The number of amides is 1. The molecule has 0 saturated heterocycles. The lowest BCUT2D eigenvalue weighted by Gasteiger charge is -2.10. The second-order valence-electron chi connectivity index (χ2n) is 7.59. The SMILES string of the molecule is C=Cc1c(/C(=C\C)C(=O)NCc2ccc(NS(C)=O)nc2)cnn1-c1ccc(C)cc1.CCC. The fraction of sp³-hybridized carbons (Fsp3) is 0.269. The molecule has 0 bridgehead atoms. The number of benzene rings is 1. The number of aromatic nitrogens is 3. The molecule has 1 unspecified atom stereocenters. The molecule has 8 heteroatoms. The summed E-state index contributed by atoms with van der Waals surface area (Å²) >= 11 is 0. The molecule has 0 radical (unpaired) electrons. The maximum Gasteiger partial charge on any atom is 0.251 e. The summed E-state index contributed by atoms with van der Waals surface area (Å²) in [5, 5.41) is 7.39. The Hall–Kier alpha value is -3.52. The largest absolute Gasteiger partial charge is 0.348 e. The fourth-order valence-corrected chi connectivity index (χ4v) is 3.49. The van der Waals surface area contributed by atoms with Crippen molar-refractivity contribution in [2.24, 2.45) is 0 Å². The van der Waals surface area contributed by atoms with Crippen molar-refractivity contribution >= 4 is 34.4 Å². The van der Waals surface area contributed by atoms with Crippen LogP contribution in [0.25, 0.3) is 17.3 Å². The molecule has 2 N–H and O–H groups in total. The number of rotatable bonds is 8. The Morgan fingerprint density at radius 1 is 1.15 bits per heavy atom. The molecule has 180 valence electrons. The number of aryl methyl sites for hydroxylation is 1. The molecule has 0 aliphatic heterocycles. The van der Waals surface area contributed by atoms with Crippen LogP contribution in [0.5, 0.6) is 0 Å². The first kappa shape index (κ1) is 26.7. The molecule has 0 spiro atoms. The molecule has 0 fully saturated rings. The van der Waals surface area contributed by atoms with Gasteiger partial charge in [0.1, 0.15) is 16.8 Å². The molecule has 7 nitrogen and oxygen atoms in total. The molecule has 2 heterocycles. The number of hydrogen-bond acceptors (Lipinski definition) is 4. The zero-order valence-corrected chi connectivity index (χ0v) is 21.3. The summed E-state index contributed by atoms with van der Waals surface area (Å²) in [6, 6.07) is 11.5. The maximum absolute atomic E-state index is 12.9. The number of allylic oxidation sites excluding steroid dienone is 1. The van der Waals surface area contributed by atoms with Gasteiger partial charge in [-0.3, -0.25) is 9.52 Å². The smallest absolute Gasteiger partial charge is 0.251 e. The average Bonchev–Trinajstić information content (AvgIpc) is 3.23. The third kappa shape index (κ3) is 7.25. The molecule has 0 saturated carbocycles. The van der Waals surface area contributed by atoms with Crippen LogP contribution in [-0.2, 0) is 22.3 Å². The molecule has 0 aliphatic rings. The van der Waals surface area contributed by atoms with Gasteiger partial charge in [0, 0.05) is 30.1 Å². The lowest BCUT2D eigenvalue weighted by Crippen LogP contribution is -2.24. The highest BCUT2D eigenvalue weighted by molar-refractivity contribution is 7.85. The summed E-state index contributed by atoms with van der Waals surface area (Å²) in [4.78, 5) is 17.1. The van der Waals surface area contributed by atoms with Gasteiger partial charge >= 0.3 is 0 Å². The number of nitrogens with zero attached hydrogens (tertiary/aromatic N) is 3. The highest BCUT2D eigenvalue weighted by atomic mass is 32.2. The molecule has 3 aromatic rings. The molecule has 1 amide bonds. The Bertz CT molecular complexity index is 1150. The van der Waals surface area contributed by atoms with Crippen LogP contribution in [-0.4, -0.2) is 31.1 Å². The standard InChI is InChI=1S/C23H25N5O2S.C3H8/c1-5-19(23(29)25-14-17-9-12-22(24-13-17)27-31(4)30)20-15-26-28(21(20)6-2)18-10-7-16(3)8-11-18;1-3-2/h5-13,15H,2,14H2,1,3-4H3,(H,24,27)(H,25,29);3H2,1-2H3/b19-5+;. The Morgan fingerprint density at radius 3 is 2.35 bits per heavy atom. The molecular weight excluding hydrogens is 446 g/mol. The first-order chi connectivity index (χ1) is 16.3. The Balaban J connectivity index is 0.00000129. The zero-order valence-electron chi connectivity index (χ0n) is 20.5. The van der Waals surface area contributed by atoms with E-state index in [4.69, 9.17) is 0 Å². The van der Waals surface area contributed by atoms with Crippen molar-refractivity contribution < 1.29 is 9.00 Å². The summed E-state index contributed by atoms with van der Waals surface area (Å²) in [6.45, 7) is 12.3. The van der Waals surface area contributed by atoms with Crippen molar-refractivity contribution in [2.75, 3.05) is 11.0 Å². The summed E-state index contributed by atoms with van der Waals surface area (Å²) in [7, 11) is -1.19. The number of hydrogen-bond donors (Lipinski definition) is 2. The zero-order chi connectivity index (χ0) is 25.1. The monoisotopic (exact) mass is 479 g/mol. The minimum Gasteiger partial charge on any atom is -0.348 e. The van der Waals surface area contributed by atoms with Crippen LogP contribution in [0.15, 0.2) is 61.4 Å². The van der Waals surface area contributed by atoms with E-state index in [1.54, 1.807) is 35.3 Å². The van der Waals surface area contributed by atoms with E-state index in [1.807, 2.05) is 44.2 Å². The van der Waals surface area contributed by atoms with Crippen LogP contribution < -0.4 is 10.0 Å². The minimum absolute atomic E-state index is 0.217. The quantitative estimate of drug-likeness (QED) is 0.442. The fourth-order valence-electron chi connectivity index (χ4n) is 3.08. The second kappa shape index (κ2) is 13.3. The van der Waals surface area contributed by atoms with E-state index < -0.39 is 11.0 Å². The van der Waals surface area contributed by atoms with Crippen molar-refractivity contribution in [3.63, 3.8) is 0 Å². The van der Waals surface area contributed by atoms with Gasteiger partial charge in [-0.05, 0) is 43.7 Å². The van der Waals surface area contributed by atoms with Gasteiger partial charge in [-0.1, -0.05) is 56.7 Å². The van der Waals surface area contributed by atoms with Gasteiger partial charge in [0.25, 0.3) is 5.91 Å². The molecule has 0 aliphatic carbocycles. The lowest BCUT2D eigenvalue weighted by molar-refractivity contribution is -0.115. The third-order valence-corrected chi connectivity index (χ3v) is 5.12. The Labute approximate surface area is 204 Å². The van der Waals surface area contributed by atoms with Gasteiger partial charge in [-0.25, -0.2) is 13.9 Å². The van der Waals surface area contributed by atoms with Crippen LogP contribution in [0.2, 0.25) is 0 Å². The van der Waals surface area contributed by atoms with Crippen LogP contribution in [0, 0.1) is 6.92 Å². The maximum atomic E-state index is 12.9. The highest BCUT2D eigenvalue weighted by Gasteiger charge is 2.18. The molecule has 34 heavy (non-hydrogen) atoms. The lowest BCUT2D eigenvalue weighted by atomic mass is 10.1. The van der Waals surface area contributed by atoms with E-state index in [1.165, 1.54) is 12.7 Å². The summed E-state index contributed by atoms with van der Waals surface area (Å²) in [5.74, 6) is 0.301. The van der Waals surface area contributed by atoms with E-state index in [0.717, 1.165) is 22.5 Å². The number of pyridine rings is 1. The van der Waals surface area contributed by atoms with Crippen molar-refractivity contribution in [1.29, 1.82) is 0 Å². The number of carbonyl (C=O) groups is 1. The van der Waals surface area contributed by atoms with Crippen molar-refractivity contribution in [3.05, 3.63) is 83.8 Å². The van der Waals surface area contributed by atoms with Gasteiger partial charge in [0.15, 0.2) is 0 Å². The van der Waals surface area contributed by atoms with Crippen molar-refractivity contribution in [1.82, 2.24) is 20.1 Å². The van der Waals surface area contributed by atoms with Gasteiger partial charge in [0.05, 0.1) is 17.6 Å². The summed E-state index contributed by atoms with van der Waals surface area (Å²) < 4.78 is 15.7. The molecule has 1 atom stereocenters. The number of carbonyl (C=O) groups excluding carboxylic acids is 1. The predicted octanol–water partition coefficient (Wildman–Crippen LogP) is 5.06. The van der Waals surface area contributed by atoms with Crippen molar-refractivity contribution in [2.45, 2.75) is 40.7 Å². The van der Waals surface area contributed by atoms with Gasteiger partial charge in [-0.15, -0.1) is 0 Å². The van der Waals surface area contributed by atoms with E-state index in [9.17, 15) is 9.00 Å². The van der Waals surface area contributed by atoms with Crippen molar-refractivity contribution in [3.8, 4) is 5.69 Å². The van der Waals surface area contributed by atoms with Crippen LogP contribution in [0.1, 0.15) is 49.6 Å². The first-order valence-corrected chi connectivity index (χ1v) is 12.7. The van der Waals surface area contributed by atoms with E-state index in [-0.39, 0.29) is 5.91 Å². The van der Waals surface area contributed by atoms with Gasteiger partial charge in [-0.2, -0.15) is 5.10 Å². The summed E-state index contributed by atoms with van der Waals surface area (Å²) in [5.41, 5.74) is 4.85. The van der Waals surface area contributed by atoms with E-state index in [0.29, 0.717) is 23.5 Å². The average molecular weight is 480 g/mol. The first-order valence-electron chi connectivity index (χ1n) is 11.1. The van der Waals surface area contributed by atoms with E-state index >= 15 is 0 Å². The normalized spacial score (nSPS) is 11.7.